The van der Waals surface area contributed by atoms with Crippen molar-refractivity contribution in [2.24, 2.45) is 5.73 Å². The molecular formula is C12H13NO2S. The first kappa shape index (κ1) is 11.1. The number of thiophene rings is 1. The molecule has 3 nitrogen and oxygen atoms in total. The molecule has 2 aromatic rings. The molecule has 0 aliphatic carbocycles. The summed E-state index contributed by atoms with van der Waals surface area (Å²) in [6, 6.07) is 7.74. The molecule has 1 aromatic carbocycles. The Morgan fingerprint density at radius 3 is 2.88 bits per heavy atom. The minimum Gasteiger partial charge on any atom is -0.465 e. The lowest BCUT2D eigenvalue weighted by molar-refractivity contribution is 0.0606. The maximum atomic E-state index is 11.4. The summed E-state index contributed by atoms with van der Waals surface area (Å²) < 4.78 is 5.77. The number of carbonyl (C=O) groups is 1. The number of hydrogen-bond acceptors (Lipinski definition) is 4. The molecule has 16 heavy (non-hydrogen) atoms. The molecule has 0 spiro atoms. The normalized spacial score (nSPS) is 12.7. The Bertz CT molecular complexity index is 531. The SMILES string of the molecule is COC(=O)c1cc2c(C(C)N)cccc2s1. The molecule has 1 atom stereocenters. The van der Waals surface area contributed by atoms with Gasteiger partial charge in [0.25, 0.3) is 0 Å². The van der Waals surface area contributed by atoms with Crippen LogP contribution in [0, 0.1) is 0 Å². The average Bonchev–Trinajstić information content (AvgIpc) is 2.70. The van der Waals surface area contributed by atoms with Gasteiger partial charge in [-0.3, -0.25) is 0 Å². The highest BCUT2D eigenvalue weighted by Gasteiger charge is 2.13. The zero-order valence-corrected chi connectivity index (χ0v) is 10.0. The fourth-order valence-corrected chi connectivity index (χ4v) is 2.70. The third kappa shape index (κ3) is 1.81. The summed E-state index contributed by atoms with van der Waals surface area (Å²) in [7, 11) is 1.39. The van der Waals surface area contributed by atoms with Crippen LogP contribution >= 0.6 is 11.3 Å². The Kier molecular flexibility index (Phi) is 2.94. The van der Waals surface area contributed by atoms with Gasteiger partial charge >= 0.3 is 5.97 Å². The molecule has 1 aromatic heterocycles. The molecular weight excluding hydrogens is 222 g/mol. The lowest BCUT2D eigenvalue weighted by atomic mass is 10.0. The summed E-state index contributed by atoms with van der Waals surface area (Å²) in [6.45, 7) is 1.93. The van der Waals surface area contributed by atoms with Crippen molar-refractivity contribution in [1.29, 1.82) is 0 Å². The lowest BCUT2D eigenvalue weighted by Gasteiger charge is -2.06. The van der Waals surface area contributed by atoms with Gasteiger partial charge in [0, 0.05) is 10.7 Å². The minimum absolute atomic E-state index is 0.0382. The second-order valence-corrected chi connectivity index (χ2v) is 4.73. The number of methoxy groups -OCH3 is 1. The van der Waals surface area contributed by atoms with Gasteiger partial charge in [-0.15, -0.1) is 11.3 Å². The summed E-state index contributed by atoms with van der Waals surface area (Å²) in [6.07, 6.45) is 0. The molecule has 0 saturated carbocycles. The zero-order chi connectivity index (χ0) is 11.7. The van der Waals surface area contributed by atoms with Crippen LogP contribution in [0.25, 0.3) is 10.1 Å². The van der Waals surface area contributed by atoms with Crippen LogP contribution in [0.5, 0.6) is 0 Å². The molecule has 0 aliphatic heterocycles. The van der Waals surface area contributed by atoms with Crippen LogP contribution in [0.4, 0.5) is 0 Å². The van der Waals surface area contributed by atoms with E-state index in [9.17, 15) is 4.79 Å². The molecule has 1 heterocycles. The van der Waals surface area contributed by atoms with E-state index in [2.05, 4.69) is 0 Å². The predicted octanol–water partition coefficient (Wildman–Crippen LogP) is 2.71. The number of rotatable bonds is 2. The van der Waals surface area contributed by atoms with Gasteiger partial charge in [0.15, 0.2) is 0 Å². The van der Waals surface area contributed by atoms with Crippen LogP contribution in [0.1, 0.15) is 28.2 Å². The van der Waals surface area contributed by atoms with Crippen molar-refractivity contribution >= 4 is 27.4 Å². The monoisotopic (exact) mass is 235 g/mol. The largest absolute Gasteiger partial charge is 0.465 e. The molecule has 0 aliphatic rings. The fraction of sp³-hybridized carbons (Fsp3) is 0.250. The van der Waals surface area contributed by atoms with E-state index >= 15 is 0 Å². The molecule has 0 fully saturated rings. The van der Waals surface area contributed by atoms with Crippen molar-refractivity contribution in [3.05, 3.63) is 34.7 Å². The quantitative estimate of drug-likeness (QED) is 0.814. The van der Waals surface area contributed by atoms with Gasteiger partial charge in [-0.2, -0.15) is 0 Å². The zero-order valence-electron chi connectivity index (χ0n) is 9.19. The summed E-state index contributed by atoms with van der Waals surface area (Å²) in [5.74, 6) is -0.295. The first-order valence-corrected chi connectivity index (χ1v) is 5.81. The van der Waals surface area contributed by atoms with Gasteiger partial charge in [-0.05, 0) is 30.0 Å². The molecule has 2 rings (SSSR count). The standard InChI is InChI=1S/C12H13NO2S/c1-7(13)8-4-3-5-10-9(8)6-11(16-10)12(14)15-2/h3-7H,13H2,1-2H3. The molecule has 0 amide bonds. The number of ether oxygens (including phenoxy) is 1. The Hall–Kier alpha value is -1.39. The van der Waals surface area contributed by atoms with Crippen molar-refractivity contribution in [3.63, 3.8) is 0 Å². The van der Waals surface area contributed by atoms with Crippen molar-refractivity contribution in [2.45, 2.75) is 13.0 Å². The van der Waals surface area contributed by atoms with Crippen LogP contribution in [-0.4, -0.2) is 13.1 Å². The Morgan fingerprint density at radius 1 is 1.50 bits per heavy atom. The Balaban J connectivity index is 2.61. The average molecular weight is 235 g/mol. The van der Waals surface area contributed by atoms with Crippen molar-refractivity contribution < 1.29 is 9.53 Å². The van der Waals surface area contributed by atoms with E-state index < -0.39 is 0 Å². The van der Waals surface area contributed by atoms with E-state index in [4.69, 9.17) is 10.5 Å². The van der Waals surface area contributed by atoms with E-state index in [-0.39, 0.29) is 12.0 Å². The smallest absolute Gasteiger partial charge is 0.348 e. The summed E-state index contributed by atoms with van der Waals surface area (Å²) in [5, 5.41) is 1.04. The lowest BCUT2D eigenvalue weighted by Crippen LogP contribution is -2.04. The van der Waals surface area contributed by atoms with Gasteiger partial charge in [-0.1, -0.05) is 12.1 Å². The summed E-state index contributed by atoms with van der Waals surface area (Å²) in [4.78, 5) is 12.0. The minimum atomic E-state index is -0.295. The Morgan fingerprint density at radius 2 is 2.25 bits per heavy atom. The predicted molar refractivity (Wildman–Crippen MR) is 65.8 cm³/mol. The number of fused-ring (bicyclic) bond motifs is 1. The van der Waals surface area contributed by atoms with Gasteiger partial charge < -0.3 is 10.5 Å². The van der Waals surface area contributed by atoms with Gasteiger partial charge in [0.1, 0.15) is 4.88 Å². The van der Waals surface area contributed by atoms with E-state index in [1.54, 1.807) is 0 Å². The fourth-order valence-electron chi connectivity index (χ4n) is 1.68. The van der Waals surface area contributed by atoms with Gasteiger partial charge in [0.2, 0.25) is 0 Å². The molecule has 4 heteroatoms. The summed E-state index contributed by atoms with van der Waals surface area (Å²) >= 11 is 1.43. The number of esters is 1. The van der Waals surface area contributed by atoms with Crippen LogP contribution < -0.4 is 5.73 Å². The molecule has 1 unspecified atom stereocenters. The van der Waals surface area contributed by atoms with Gasteiger partial charge in [-0.25, -0.2) is 4.79 Å². The Labute approximate surface area is 97.8 Å². The van der Waals surface area contributed by atoms with Crippen LogP contribution in [-0.2, 0) is 4.74 Å². The van der Waals surface area contributed by atoms with Gasteiger partial charge in [0.05, 0.1) is 7.11 Å². The maximum Gasteiger partial charge on any atom is 0.348 e. The molecule has 84 valence electrons. The number of hydrogen-bond donors (Lipinski definition) is 1. The van der Waals surface area contributed by atoms with Crippen LogP contribution in [0.3, 0.4) is 0 Å². The molecule has 0 bridgehead atoms. The maximum absolute atomic E-state index is 11.4. The molecule has 0 saturated heterocycles. The molecule has 2 N–H and O–H groups in total. The highest BCUT2D eigenvalue weighted by molar-refractivity contribution is 7.20. The first-order chi connectivity index (χ1) is 7.63. The van der Waals surface area contributed by atoms with Crippen molar-refractivity contribution in [3.8, 4) is 0 Å². The van der Waals surface area contributed by atoms with E-state index in [1.165, 1.54) is 18.4 Å². The van der Waals surface area contributed by atoms with E-state index in [0.29, 0.717) is 4.88 Å². The highest BCUT2D eigenvalue weighted by atomic mass is 32.1. The van der Waals surface area contributed by atoms with Crippen LogP contribution in [0.15, 0.2) is 24.3 Å². The number of carbonyl (C=O) groups excluding carboxylic acids is 1. The third-order valence-electron chi connectivity index (χ3n) is 2.47. The van der Waals surface area contributed by atoms with E-state index in [1.807, 2.05) is 31.2 Å². The number of nitrogens with two attached hydrogens (primary N) is 1. The second-order valence-electron chi connectivity index (χ2n) is 3.65. The number of benzene rings is 1. The highest BCUT2D eigenvalue weighted by Crippen LogP contribution is 2.30. The van der Waals surface area contributed by atoms with Crippen LogP contribution in [0.2, 0.25) is 0 Å². The first-order valence-electron chi connectivity index (χ1n) is 5.00. The summed E-state index contributed by atoms with van der Waals surface area (Å²) in [5.41, 5.74) is 6.95. The van der Waals surface area contributed by atoms with Crippen molar-refractivity contribution in [2.75, 3.05) is 7.11 Å². The third-order valence-corrected chi connectivity index (χ3v) is 3.55. The topological polar surface area (TPSA) is 52.3 Å². The van der Waals surface area contributed by atoms with E-state index in [0.717, 1.165) is 15.6 Å². The molecule has 0 radical (unpaired) electrons. The second kappa shape index (κ2) is 4.23. The van der Waals surface area contributed by atoms with Crippen molar-refractivity contribution in [1.82, 2.24) is 0 Å².